The number of hydrogen-bond acceptors (Lipinski definition) is 3. The van der Waals surface area contributed by atoms with E-state index in [1.54, 1.807) is 17.1 Å². The smallest absolute Gasteiger partial charge is 0.258 e. The fraction of sp³-hybridized carbons (Fsp3) is 0.692. The van der Waals surface area contributed by atoms with Gasteiger partial charge in [0.05, 0.1) is 12.4 Å². The highest BCUT2D eigenvalue weighted by atomic mass is 16.5. The van der Waals surface area contributed by atoms with Gasteiger partial charge in [-0.2, -0.15) is 5.10 Å². The van der Waals surface area contributed by atoms with Gasteiger partial charge in [-0.25, -0.2) is 0 Å². The first-order valence-electron chi connectivity index (χ1n) is 6.65. The van der Waals surface area contributed by atoms with Crippen molar-refractivity contribution in [1.29, 1.82) is 0 Å². The van der Waals surface area contributed by atoms with Crippen LogP contribution < -0.4 is 10.1 Å². The summed E-state index contributed by atoms with van der Waals surface area (Å²) in [6.45, 7) is 0.0716. The van der Waals surface area contributed by atoms with Crippen LogP contribution in [0.1, 0.15) is 38.5 Å². The first kappa shape index (κ1) is 12.9. The highest BCUT2D eigenvalue weighted by molar-refractivity contribution is 5.77. The van der Waals surface area contributed by atoms with Crippen molar-refractivity contribution in [2.75, 3.05) is 6.61 Å². The molecule has 5 heteroatoms. The molecule has 1 saturated carbocycles. The van der Waals surface area contributed by atoms with Gasteiger partial charge < -0.3 is 10.1 Å². The van der Waals surface area contributed by atoms with E-state index in [9.17, 15) is 4.79 Å². The molecule has 0 saturated heterocycles. The van der Waals surface area contributed by atoms with E-state index in [0.717, 1.165) is 12.8 Å². The van der Waals surface area contributed by atoms with E-state index in [0.29, 0.717) is 11.8 Å². The van der Waals surface area contributed by atoms with Crippen molar-refractivity contribution in [1.82, 2.24) is 15.1 Å². The lowest BCUT2D eigenvalue weighted by molar-refractivity contribution is -0.123. The van der Waals surface area contributed by atoms with Crippen LogP contribution in [0.2, 0.25) is 0 Å². The molecule has 100 valence electrons. The molecule has 0 atom stereocenters. The highest BCUT2D eigenvalue weighted by Crippen LogP contribution is 2.17. The van der Waals surface area contributed by atoms with Gasteiger partial charge in [-0.3, -0.25) is 9.48 Å². The molecule has 18 heavy (non-hydrogen) atoms. The minimum absolute atomic E-state index is 0.0363. The largest absolute Gasteiger partial charge is 0.480 e. The van der Waals surface area contributed by atoms with Crippen LogP contribution in [0.3, 0.4) is 0 Å². The second-order valence-corrected chi connectivity index (χ2v) is 4.89. The van der Waals surface area contributed by atoms with Gasteiger partial charge in [0, 0.05) is 13.1 Å². The quantitative estimate of drug-likeness (QED) is 0.828. The van der Waals surface area contributed by atoms with Crippen LogP contribution in [0.15, 0.2) is 12.4 Å². The predicted molar refractivity (Wildman–Crippen MR) is 68.3 cm³/mol. The fourth-order valence-electron chi connectivity index (χ4n) is 2.32. The van der Waals surface area contributed by atoms with Gasteiger partial charge in [-0.05, 0) is 12.8 Å². The Morgan fingerprint density at radius 1 is 1.44 bits per heavy atom. The zero-order valence-electron chi connectivity index (χ0n) is 10.9. The lowest BCUT2D eigenvalue weighted by Crippen LogP contribution is -2.37. The molecule has 0 unspecified atom stereocenters. The normalized spacial score (nSPS) is 17.2. The van der Waals surface area contributed by atoms with Crippen LogP contribution in [0, 0.1) is 0 Å². The molecule has 1 aromatic rings. The standard InChI is InChI=1S/C13H21N3O2/c1-16-9-12(8-14-16)18-10-13(17)15-11-6-4-2-3-5-7-11/h8-9,11H,2-7,10H2,1H3,(H,15,17). The van der Waals surface area contributed by atoms with Crippen LogP contribution >= 0.6 is 0 Å². The number of amides is 1. The first-order valence-corrected chi connectivity index (χ1v) is 6.65. The summed E-state index contributed by atoms with van der Waals surface area (Å²) in [6.07, 6.45) is 10.6. The molecule has 2 rings (SSSR count). The van der Waals surface area contributed by atoms with Crippen LogP contribution in [0.4, 0.5) is 0 Å². The number of ether oxygens (including phenoxy) is 1. The van der Waals surface area contributed by atoms with E-state index in [1.807, 2.05) is 7.05 Å². The third-order valence-corrected chi connectivity index (χ3v) is 3.27. The zero-order chi connectivity index (χ0) is 12.8. The molecule has 1 aliphatic rings. The fourth-order valence-corrected chi connectivity index (χ4v) is 2.32. The van der Waals surface area contributed by atoms with Crippen LogP contribution in [-0.4, -0.2) is 28.3 Å². The average molecular weight is 251 g/mol. The van der Waals surface area contributed by atoms with E-state index in [2.05, 4.69) is 10.4 Å². The van der Waals surface area contributed by atoms with Gasteiger partial charge in [0.1, 0.15) is 0 Å². The van der Waals surface area contributed by atoms with Gasteiger partial charge in [-0.1, -0.05) is 25.7 Å². The molecular weight excluding hydrogens is 230 g/mol. The zero-order valence-corrected chi connectivity index (χ0v) is 10.9. The second-order valence-electron chi connectivity index (χ2n) is 4.89. The molecule has 0 aromatic carbocycles. The summed E-state index contributed by atoms with van der Waals surface area (Å²) in [5.41, 5.74) is 0. The van der Waals surface area contributed by atoms with Gasteiger partial charge in [0.25, 0.3) is 5.91 Å². The molecule has 0 aliphatic heterocycles. The Morgan fingerprint density at radius 3 is 2.78 bits per heavy atom. The monoisotopic (exact) mass is 251 g/mol. The highest BCUT2D eigenvalue weighted by Gasteiger charge is 2.14. The van der Waals surface area contributed by atoms with E-state index in [4.69, 9.17) is 4.74 Å². The molecule has 0 radical (unpaired) electrons. The number of aromatic nitrogens is 2. The topological polar surface area (TPSA) is 56.1 Å². The Bertz CT molecular complexity index is 381. The summed E-state index contributed by atoms with van der Waals surface area (Å²) in [7, 11) is 1.82. The van der Waals surface area contributed by atoms with Crippen molar-refractivity contribution < 1.29 is 9.53 Å². The van der Waals surface area contributed by atoms with Crippen molar-refractivity contribution >= 4 is 5.91 Å². The molecule has 1 N–H and O–H groups in total. The maximum absolute atomic E-state index is 11.7. The number of carbonyl (C=O) groups excluding carboxylic acids is 1. The number of aryl methyl sites for hydroxylation is 1. The minimum Gasteiger partial charge on any atom is -0.480 e. The first-order chi connectivity index (χ1) is 8.74. The van der Waals surface area contributed by atoms with E-state index in [1.165, 1.54) is 25.7 Å². The summed E-state index contributed by atoms with van der Waals surface area (Å²) in [5, 5.41) is 7.03. The summed E-state index contributed by atoms with van der Waals surface area (Å²) < 4.78 is 7.02. The molecule has 0 bridgehead atoms. The van der Waals surface area contributed by atoms with E-state index in [-0.39, 0.29) is 12.5 Å². The Balaban J connectivity index is 1.71. The molecule has 1 heterocycles. The predicted octanol–water partition coefficient (Wildman–Crippen LogP) is 1.64. The van der Waals surface area contributed by atoms with Crippen molar-refractivity contribution in [2.45, 2.75) is 44.6 Å². The summed E-state index contributed by atoms with van der Waals surface area (Å²) in [6, 6.07) is 0.331. The van der Waals surface area contributed by atoms with Gasteiger partial charge in [0.15, 0.2) is 12.4 Å². The molecular formula is C13H21N3O2. The molecule has 1 aromatic heterocycles. The van der Waals surface area contributed by atoms with Gasteiger partial charge in [-0.15, -0.1) is 0 Å². The minimum atomic E-state index is -0.0363. The van der Waals surface area contributed by atoms with Crippen molar-refractivity contribution in [3.05, 3.63) is 12.4 Å². The molecule has 1 fully saturated rings. The van der Waals surface area contributed by atoms with Gasteiger partial charge >= 0.3 is 0 Å². The van der Waals surface area contributed by atoms with Crippen LogP contribution in [0.5, 0.6) is 5.75 Å². The Labute approximate surface area is 108 Å². The third-order valence-electron chi connectivity index (χ3n) is 3.27. The Morgan fingerprint density at radius 2 is 2.17 bits per heavy atom. The average Bonchev–Trinajstić information content (AvgIpc) is 2.60. The molecule has 5 nitrogen and oxygen atoms in total. The van der Waals surface area contributed by atoms with Crippen molar-refractivity contribution in [3.8, 4) is 5.75 Å². The lowest BCUT2D eigenvalue weighted by atomic mass is 10.1. The number of nitrogens with one attached hydrogen (secondary N) is 1. The Hall–Kier alpha value is -1.52. The number of carbonyl (C=O) groups is 1. The summed E-state index contributed by atoms with van der Waals surface area (Å²) >= 11 is 0. The van der Waals surface area contributed by atoms with Crippen LogP contribution in [0.25, 0.3) is 0 Å². The SMILES string of the molecule is Cn1cc(OCC(=O)NC2CCCCCC2)cn1. The third kappa shape index (κ3) is 4.05. The van der Waals surface area contributed by atoms with E-state index >= 15 is 0 Å². The molecule has 1 amide bonds. The van der Waals surface area contributed by atoms with Gasteiger partial charge in [0.2, 0.25) is 0 Å². The van der Waals surface area contributed by atoms with Crippen molar-refractivity contribution in [3.63, 3.8) is 0 Å². The molecule has 1 aliphatic carbocycles. The maximum atomic E-state index is 11.7. The van der Waals surface area contributed by atoms with Crippen molar-refractivity contribution in [2.24, 2.45) is 7.05 Å². The molecule has 0 spiro atoms. The number of rotatable bonds is 4. The summed E-state index contributed by atoms with van der Waals surface area (Å²) in [4.78, 5) is 11.7. The summed E-state index contributed by atoms with van der Waals surface area (Å²) in [5.74, 6) is 0.597. The van der Waals surface area contributed by atoms with Crippen LogP contribution in [-0.2, 0) is 11.8 Å². The van der Waals surface area contributed by atoms with E-state index < -0.39 is 0 Å². The Kier molecular flexibility index (Phi) is 4.61. The number of nitrogens with zero attached hydrogens (tertiary/aromatic N) is 2. The number of hydrogen-bond donors (Lipinski definition) is 1. The lowest BCUT2D eigenvalue weighted by Gasteiger charge is -2.16. The second kappa shape index (κ2) is 6.42. The maximum Gasteiger partial charge on any atom is 0.258 e.